The van der Waals surface area contributed by atoms with E-state index in [1.165, 1.54) is 17.8 Å². The van der Waals surface area contributed by atoms with E-state index in [0.29, 0.717) is 11.5 Å². The van der Waals surface area contributed by atoms with Crippen molar-refractivity contribution in [1.29, 1.82) is 0 Å². The smallest absolute Gasteiger partial charge is 0.286 e. The van der Waals surface area contributed by atoms with E-state index in [1.807, 2.05) is 30.3 Å². The molecule has 0 saturated carbocycles. The van der Waals surface area contributed by atoms with E-state index < -0.39 is 24.9 Å². The van der Waals surface area contributed by atoms with Gasteiger partial charge in [0.2, 0.25) is 10.0 Å². The second kappa shape index (κ2) is 8.52. The summed E-state index contributed by atoms with van der Waals surface area (Å²) in [7, 11) is -8.20. The number of nitrogens with one attached hydrogen (secondary N) is 1. The van der Waals surface area contributed by atoms with E-state index in [9.17, 15) is 16.8 Å². The van der Waals surface area contributed by atoms with Crippen molar-refractivity contribution in [2.75, 3.05) is 11.1 Å². The maximum atomic E-state index is 12.4. The quantitative estimate of drug-likeness (QED) is 0.615. The molecule has 7 nitrogen and oxygen atoms in total. The maximum absolute atomic E-state index is 12.4. The minimum Gasteiger partial charge on any atom is -0.341 e. The molecular formula is C15H14ClCuN3O4S3. The average molecular weight is 495 g/mol. The monoisotopic (exact) mass is 494 g/mol. The molecule has 0 unspecified atom stereocenters. The molecule has 0 bridgehead atoms. The van der Waals surface area contributed by atoms with Crippen molar-refractivity contribution in [1.82, 2.24) is 0 Å². The zero-order valence-electron chi connectivity index (χ0n) is 13.5. The Bertz CT molecular complexity index is 1090. The summed E-state index contributed by atoms with van der Waals surface area (Å²) in [4.78, 5) is -0.733. The van der Waals surface area contributed by atoms with Gasteiger partial charge in [0.15, 0.2) is 0 Å². The normalized spacial score (nSPS) is 15.1. The van der Waals surface area contributed by atoms with Gasteiger partial charge in [-0.2, -0.15) is 8.42 Å². The average Bonchev–Trinajstić information content (AvgIpc) is 2.53. The van der Waals surface area contributed by atoms with Crippen LogP contribution in [0, 0.1) is 0 Å². The second-order valence-electron chi connectivity index (χ2n) is 5.44. The number of fused-ring (bicyclic) bond motifs is 1. The van der Waals surface area contributed by atoms with Crippen molar-refractivity contribution in [2.45, 2.75) is 15.5 Å². The molecule has 0 aliphatic carbocycles. The van der Waals surface area contributed by atoms with E-state index in [4.69, 9.17) is 16.7 Å². The van der Waals surface area contributed by atoms with Crippen molar-refractivity contribution in [3.8, 4) is 0 Å². The number of thioether (sulfide) groups is 1. The largest absolute Gasteiger partial charge is 0.341 e. The molecular weight excluding hydrogens is 481 g/mol. The van der Waals surface area contributed by atoms with Gasteiger partial charge >= 0.3 is 0 Å². The second-order valence-corrected chi connectivity index (χ2v) is 9.94. The van der Waals surface area contributed by atoms with Gasteiger partial charge in [0.05, 0.1) is 16.5 Å². The Balaban J connectivity index is 0.00000261. The molecule has 0 fully saturated rings. The number of amidine groups is 1. The third-order valence-corrected chi connectivity index (χ3v) is 7.22. The summed E-state index contributed by atoms with van der Waals surface area (Å²) in [6, 6.07) is 11.9. The molecule has 0 spiro atoms. The summed E-state index contributed by atoms with van der Waals surface area (Å²) >= 11 is 7.43. The Morgan fingerprint density at radius 3 is 2.44 bits per heavy atom. The van der Waals surface area contributed by atoms with Crippen LogP contribution in [0.15, 0.2) is 56.7 Å². The van der Waals surface area contributed by atoms with Crippen LogP contribution in [0.5, 0.6) is 0 Å². The summed E-state index contributed by atoms with van der Waals surface area (Å²) in [5.74, 6) is 1.28. The number of nitrogens with zero attached hydrogens (tertiary/aromatic N) is 1. The van der Waals surface area contributed by atoms with Gasteiger partial charge in [-0.1, -0.05) is 41.9 Å². The standard InChI is InChI=1S/C15H14ClN3O4S3.Cu/c16-11-6-12-14(7-13(11)25(17,20)21)26(22,23)19-15(18-12)9-24-8-10-4-2-1-3-5-10;/h1-7H,8-9H2,(H,18,19)(H2,17,20,21);. The predicted octanol–water partition coefficient (Wildman–Crippen LogP) is 2.43. The van der Waals surface area contributed by atoms with Gasteiger partial charge < -0.3 is 5.32 Å². The fourth-order valence-corrected chi connectivity index (χ4v) is 5.61. The molecule has 1 radical (unpaired) electrons. The van der Waals surface area contributed by atoms with Crippen LogP contribution in [0.25, 0.3) is 0 Å². The van der Waals surface area contributed by atoms with Crippen LogP contribution in [0.3, 0.4) is 0 Å². The van der Waals surface area contributed by atoms with Crippen molar-refractivity contribution >= 4 is 54.9 Å². The number of sulfonamides is 2. The van der Waals surface area contributed by atoms with Crippen LogP contribution in [-0.2, 0) is 42.9 Å². The zero-order chi connectivity index (χ0) is 18.9. The summed E-state index contributed by atoms with van der Waals surface area (Å²) in [5.41, 5.74) is 1.28. The van der Waals surface area contributed by atoms with Crippen LogP contribution >= 0.6 is 23.4 Å². The Morgan fingerprint density at radius 2 is 1.81 bits per heavy atom. The van der Waals surface area contributed by atoms with Crippen molar-refractivity contribution in [2.24, 2.45) is 9.54 Å². The van der Waals surface area contributed by atoms with Gasteiger partial charge in [0.25, 0.3) is 10.0 Å². The third-order valence-electron chi connectivity index (χ3n) is 3.48. The fourth-order valence-electron chi connectivity index (χ4n) is 2.34. The predicted molar refractivity (Wildman–Crippen MR) is 104 cm³/mol. The zero-order valence-corrected chi connectivity index (χ0v) is 17.7. The van der Waals surface area contributed by atoms with Crippen LogP contribution in [0.2, 0.25) is 5.02 Å². The first-order chi connectivity index (χ1) is 12.2. The maximum Gasteiger partial charge on any atom is 0.286 e. The van der Waals surface area contributed by atoms with Crippen LogP contribution in [0.1, 0.15) is 5.56 Å². The number of nitrogens with two attached hydrogens (primary N) is 1. The minimum absolute atomic E-state index is 0. The molecule has 0 aromatic heterocycles. The van der Waals surface area contributed by atoms with Gasteiger partial charge in [0.1, 0.15) is 15.6 Å². The molecule has 1 aliphatic rings. The molecule has 149 valence electrons. The summed E-state index contributed by atoms with van der Waals surface area (Å²) in [6.07, 6.45) is 0. The van der Waals surface area contributed by atoms with Crippen molar-refractivity contribution < 1.29 is 33.9 Å². The number of rotatable bonds is 5. The molecule has 27 heavy (non-hydrogen) atoms. The van der Waals surface area contributed by atoms with E-state index in [2.05, 4.69) is 9.71 Å². The minimum atomic E-state index is -4.15. The topological polar surface area (TPSA) is 119 Å². The number of anilines is 1. The Kier molecular flexibility index (Phi) is 7.01. The number of hydrogen-bond acceptors (Lipinski definition) is 6. The molecule has 1 aliphatic heterocycles. The number of hydrogen-bond donors (Lipinski definition) is 2. The molecule has 0 saturated heterocycles. The first kappa shape index (κ1) is 22.2. The van der Waals surface area contributed by atoms with Gasteiger partial charge in [-0.25, -0.2) is 13.6 Å². The SMILES string of the molecule is NS(=O)(=O)c1cc2c(cc1Cl)NC(CSCc1ccccc1)=NS2(=O)=O.[Cu]. The third kappa shape index (κ3) is 5.26. The van der Waals surface area contributed by atoms with Crippen molar-refractivity contribution in [3.05, 3.63) is 53.1 Å². The Labute approximate surface area is 177 Å². The molecule has 12 heteroatoms. The molecule has 2 aromatic carbocycles. The Hall–Kier alpha value is -1.07. The van der Waals surface area contributed by atoms with Gasteiger partial charge in [0, 0.05) is 22.8 Å². The molecule has 1 heterocycles. The summed E-state index contributed by atoms with van der Waals surface area (Å²) < 4.78 is 51.6. The van der Waals surface area contributed by atoms with Crippen LogP contribution in [-0.4, -0.2) is 28.4 Å². The summed E-state index contributed by atoms with van der Waals surface area (Å²) in [6.45, 7) is 0. The first-order valence-corrected chi connectivity index (χ1v) is 11.8. The molecule has 3 rings (SSSR count). The van der Waals surface area contributed by atoms with Crippen LogP contribution in [0.4, 0.5) is 5.69 Å². The van der Waals surface area contributed by atoms with Gasteiger partial charge in [-0.15, -0.1) is 16.2 Å². The Morgan fingerprint density at radius 1 is 1.15 bits per heavy atom. The van der Waals surface area contributed by atoms with E-state index >= 15 is 0 Å². The van der Waals surface area contributed by atoms with Gasteiger partial charge in [-0.3, -0.25) is 0 Å². The van der Waals surface area contributed by atoms with E-state index in [1.54, 1.807) is 0 Å². The van der Waals surface area contributed by atoms with E-state index in [0.717, 1.165) is 11.6 Å². The van der Waals surface area contributed by atoms with Gasteiger partial charge in [-0.05, 0) is 17.7 Å². The van der Waals surface area contributed by atoms with Crippen LogP contribution < -0.4 is 10.5 Å². The molecule has 3 N–H and O–H groups in total. The van der Waals surface area contributed by atoms with E-state index in [-0.39, 0.29) is 38.5 Å². The molecule has 0 amide bonds. The first-order valence-electron chi connectivity index (χ1n) is 7.26. The number of benzene rings is 2. The number of primary sulfonamides is 1. The fraction of sp³-hybridized carbons (Fsp3) is 0.133. The number of halogens is 1. The molecule has 2 aromatic rings. The van der Waals surface area contributed by atoms with Crippen molar-refractivity contribution in [3.63, 3.8) is 0 Å². The molecule has 0 atom stereocenters. The summed E-state index contributed by atoms with van der Waals surface area (Å²) in [5, 5.41) is 7.79.